The zero-order valence-electron chi connectivity index (χ0n) is 7.40. The summed E-state index contributed by atoms with van der Waals surface area (Å²) >= 11 is 0. The van der Waals surface area contributed by atoms with Crippen LogP contribution in [0, 0.1) is 0 Å². The molecule has 0 saturated heterocycles. The fraction of sp³-hybridized carbons (Fsp3) is 0.500. The first-order chi connectivity index (χ1) is 6.15. The summed E-state index contributed by atoms with van der Waals surface area (Å²) in [6.45, 7) is 5.80. The van der Waals surface area contributed by atoms with Crippen LogP contribution >= 0.6 is 0 Å². The van der Waals surface area contributed by atoms with Gasteiger partial charge in [-0.2, -0.15) is 0 Å². The molecule has 0 spiro atoms. The molecule has 1 aliphatic rings. The molecule has 0 aromatic heterocycles. The van der Waals surface area contributed by atoms with E-state index in [2.05, 4.69) is 16.6 Å². The zero-order chi connectivity index (χ0) is 9.84. The van der Waals surface area contributed by atoms with E-state index >= 15 is 0 Å². The molecule has 5 heteroatoms. The van der Waals surface area contributed by atoms with Gasteiger partial charge in [0.25, 0.3) is 0 Å². The molecule has 0 fully saturated rings. The van der Waals surface area contributed by atoms with E-state index in [1.807, 2.05) is 0 Å². The summed E-state index contributed by atoms with van der Waals surface area (Å²) in [6, 6.07) is -0.752. The number of rotatable bonds is 3. The molecule has 4 nitrogen and oxygen atoms in total. The summed E-state index contributed by atoms with van der Waals surface area (Å²) in [5.41, 5.74) is 5.31. The maximum atomic E-state index is 13.1. The summed E-state index contributed by atoms with van der Waals surface area (Å²) in [7, 11) is 0. The third kappa shape index (κ3) is 2.27. The first-order valence-corrected chi connectivity index (χ1v) is 3.98. The van der Waals surface area contributed by atoms with E-state index in [0.29, 0.717) is 6.61 Å². The van der Waals surface area contributed by atoms with Gasteiger partial charge in [-0.15, -0.1) is 0 Å². The van der Waals surface area contributed by atoms with E-state index in [-0.39, 0.29) is 11.7 Å². The van der Waals surface area contributed by atoms with Crippen LogP contribution in [0.15, 0.2) is 22.3 Å². The van der Waals surface area contributed by atoms with Crippen molar-refractivity contribution in [1.29, 1.82) is 0 Å². The number of ether oxygens (including phenoxy) is 1. The maximum absolute atomic E-state index is 13.1. The van der Waals surface area contributed by atoms with Crippen LogP contribution in [-0.4, -0.2) is 31.0 Å². The summed E-state index contributed by atoms with van der Waals surface area (Å²) in [4.78, 5) is 7.31. The van der Waals surface area contributed by atoms with Gasteiger partial charge in [0.05, 0.1) is 6.61 Å². The van der Waals surface area contributed by atoms with Crippen molar-refractivity contribution in [3.63, 3.8) is 0 Å². The molecule has 0 saturated carbocycles. The molecule has 1 heterocycles. The molecule has 0 aromatic rings. The quantitative estimate of drug-likeness (QED) is 0.656. The summed E-state index contributed by atoms with van der Waals surface area (Å²) in [5.74, 6) is 0.337. The van der Waals surface area contributed by atoms with Crippen LogP contribution < -0.4 is 5.73 Å². The Bertz CT molecular complexity index is 262. The van der Waals surface area contributed by atoms with Crippen molar-refractivity contribution >= 4 is 12.2 Å². The van der Waals surface area contributed by atoms with E-state index in [9.17, 15) is 4.39 Å². The molecular formula is C8H12FN3O. The molecular weight excluding hydrogens is 173 g/mol. The van der Waals surface area contributed by atoms with Crippen LogP contribution in [0.2, 0.25) is 0 Å². The fourth-order valence-electron chi connectivity index (χ4n) is 0.996. The molecule has 72 valence electrons. The predicted molar refractivity (Wildman–Crippen MR) is 49.6 cm³/mol. The van der Waals surface area contributed by atoms with E-state index in [0.717, 1.165) is 6.21 Å². The molecule has 0 amide bonds. The standard InChI is InChI=1S/C8H12FN3O/c1-3-13-5(2)7-6(9)4-11-8(10)12-7/h4,6-7H,2-3H2,1H3,(H2,10,12). The number of nitrogens with two attached hydrogens (primary N) is 1. The highest BCUT2D eigenvalue weighted by Gasteiger charge is 2.25. The van der Waals surface area contributed by atoms with Gasteiger partial charge in [0, 0.05) is 6.21 Å². The molecule has 2 unspecified atom stereocenters. The van der Waals surface area contributed by atoms with Gasteiger partial charge in [0.15, 0.2) is 6.17 Å². The lowest BCUT2D eigenvalue weighted by Gasteiger charge is -2.19. The lowest BCUT2D eigenvalue weighted by Crippen LogP contribution is -2.32. The Labute approximate surface area is 76.0 Å². The first-order valence-electron chi connectivity index (χ1n) is 3.98. The van der Waals surface area contributed by atoms with Crippen molar-refractivity contribution in [3.05, 3.63) is 12.3 Å². The minimum atomic E-state index is -1.30. The van der Waals surface area contributed by atoms with Crippen LogP contribution in [0.5, 0.6) is 0 Å². The summed E-state index contributed by atoms with van der Waals surface area (Å²) < 4.78 is 18.2. The largest absolute Gasteiger partial charge is 0.496 e. The lowest BCUT2D eigenvalue weighted by molar-refractivity contribution is 0.193. The number of aliphatic imine (C=N–C) groups is 2. The Hall–Kier alpha value is -1.39. The average Bonchev–Trinajstić information content (AvgIpc) is 2.09. The molecule has 1 aliphatic heterocycles. The fourth-order valence-corrected chi connectivity index (χ4v) is 0.996. The third-order valence-electron chi connectivity index (χ3n) is 1.58. The molecule has 0 aliphatic carbocycles. The second kappa shape index (κ2) is 4.02. The van der Waals surface area contributed by atoms with Crippen LogP contribution in [0.4, 0.5) is 4.39 Å². The van der Waals surface area contributed by atoms with E-state index in [4.69, 9.17) is 10.5 Å². The van der Waals surface area contributed by atoms with Crippen molar-refractivity contribution in [2.24, 2.45) is 15.7 Å². The molecule has 0 radical (unpaired) electrons. The van der Waals surface area contributed by atoms with Crippen molar-refractivity contribution in [1.82, 2.24) is 0 Å². The SMILES string of the molecule is C=C(OCC)C1N=C(N)N=CC1F. The van der Waals surface area contributed by atoms with E-state index in [1.54, 1.807) is 6.92 Å². The molecule has 0 bridgehead atoms. The Balaban J connectivity index is 2.68. The van der Waals surface area contributed by atoms with E-state index < -0.39 is 12.2 Å². The van der Waals surface area contributed by atoms with Crippen molar-refractivity contribution in [2.75, 3.05) is 6.61 Å². The van der Waals surface area contributed by atoms with E-state index in [1.165, 1.54) is 0 Å². The predicted octanol–water partition coefficient (Wildman–Crippen LogP) is 0.642. The number of guanidine groups is 1. The van der Waals surface area contributed by atoms with Gasteiger partial charge in [-0.3, -0.25) is 0 Å². The van der Waals surface area contributed by atoms with Gasteiger partial charge < -0.3 is 10.5 Å². The Morgan fingerprint density at radius 2 is 2.54 bits per heavy atom. The Morgan fingerprint density at radius 3 is 3.15 bits per heavy atom. The first kappa shape index (κ1) is 9.70. The van der Waals surface area contributed by atoms with Crippen molar-refractivity contribution in [2.45, 2.75) is 19.1 Å². The second-order valence-corrected chi connectivity index (χ2v) is 2.55. The second-order valence-electron chi connectivity index (χ2n) is 2.55. The Morgan fingerprint density at radius 1 is 1.85 bits per heavy atom. The highest BCUT2D eigenvalue weighted by molar-refractivity contribution is 5.90. The summed E-state index contributed by atoms with van der Waals surface area (Å²) in [6.07, 6.45) is -0.191. The smallest absolute Gasteiger partial charge is 0.215 e. The van der Waals surface area contributed by atoms with Gasteiger partial charge in [0.2, 0.25) is 5.96 Å². The third-order valence-corrected chi connectivity index (χ3v) is 1.58. The normalized spacial score (nSPS) is 26.8. The number of alkyl halides is 1. The Kier molecular flexibility index (Phi) is 3.00. The van der Waals surface area contributed by atoms with Crippen LogP contribution in [-0.2, 0) is 4.74 Å². The highest BCUT2D eigenvalue weighted by Crippen LogP contribution is 2.15. The maximum Gasteiger partial charge on any atom is 0.215 e. The molecule has 2 atom stereocenters. The minimum Gasteiger partial charge on any atom is -0.496 e. The monoisotopic (exact) mass is 185 g/mol. The molecule has 13 heavy (non-hydrogen) atoms. The van der Waals surface area contributed by atoms with Gasteiger partial charge >= 0.3 is 0 Å². The van der Waals surface area contributed by atoms with Crippen LogP contribution in [0.3, 0.4) is 0 Å². The summed E-state index contributed by atoms with van der Waals surface area (Å²) in [5, 5.41) is 0. The van der Waals surface area contributed by atoms with Gasteiger partial charge in [-0.05, 0) is 6.92 Å². The lowest BCUT2D eigenvalue weighted by atomic mass is 10.1. The highest BCUT2D eigenvalue weighted by atomic mass is 19.1. The van der Waals surface area contributed by atoms with Crippen molar-refractivity contribution in [3.8, 4) is 0 Å². The van der Waals surface area contributed by atoms with Gasteiger partial charge in [-0.1, -0.05) is 6.58 Å². The zero-order valence-corrected chi connectivity index (χ0v) is 7.40. The average molecular weight is 185 g/mol. The topological polar surface area (TPSA) is 60.0 Å². The molecule has 2 N–H and O–H groups in total. The molecule has 1 rings (SSSR count). The molecule has 0 aromatic carbocycles. The van der Waals surface area contributed by atoms with Crippen LogP contribution in [0.25, 0.3) is 0 Å². The van der Waals surface area contributed by atoms with Crippen molar-refractivity contribution < 1.29 is 9.13 Å². The number of hydrogen-bond donors (Lipinski definition) is 1. The number of nitrogens with zero attached hydrogens (tertiary/aromatic N) is 2. The number of halogens is 1. The van der Waals surface area contributed by atoms with Gasteiger partial charge in [-0.25, -0.2) is 14.4 Å². The minimum absolute atomic E-state index is 0.0553. The van der Waals surface area contributed by atoms with Gasteiger partial charge in [0.1, 0.15) is 11.8 Å². The number of hydrogen-bond acceptors (Lipinski definition) is 4. The van der Waals surface area contributed by atoms with Crippen LogP contribution in [0.1, 0.15) is 6.92 Å².